The smallest absolute Gasteiger partial charge is 0.242 e. The maximum atomic E-state index is 13.4. The standard InChI is InChI=1S/C26H36FN3O5S/c1-5-6-17-28-26(32)20(2)29(19-21-9-11-22(27)12-10-21)25(31)8-7-18-30(36(4,33)34)23-13-15-24(35-3)16-14-23/h9-16,20H,5-8,17-19H2,1-4H3,(H,28,32)/t20-/m1/s1. The first-order chi connectivity index (χ1) is 17.1. The van der Waals surface area contributed by atoms with Gasteiger partial charge in [-0.2, -0.15) is 0 Å². The molecule has 0 unspecified atom stereocenters. The quantitative estimate of drug-likeness (QED) is 0.383. The zero-order valence-electron chi connectivity index (χ0n) is 21.4. The Labute approximate surface area is 213 Å². The van der Waals surface area contributed by atoms with Crippen LogP contribution in [-0.4, -0.2) is 57.6 Å². The molecular formula is C26H36FN3O5S. The molecule has 36 heavy (non-hydrogen) atoms. The number of halogens is 1. The Morgan fingerprint density at radius 1 is 1.06 bits per heavy atom. The van der Waals surface area contributed by atoms with Gasteiger partial charge in [0.05, 0.1) is 19.1 Å². The van der Waals surface area contributed by atoms with Crippen molar-refractivity contribution < 1.29 is 27.1 Å². The molecule has 0 spiro atoms. The molecule has 1 N–H and O–H groups in total. The maximum absolute atomic E-state index is 13.4. The summed E-state index contributed by atoms with van der Waals surface area (Å²) in [5.74, 6) is -0.345. The van der Waals surface area contributed by atoms with Crippen molar-refractivity contribution in [2.24, 2.45) is 0 Å². The van der Waals surface area contributed by atoms with Gasteiger partial charge in [0.2, 0.25) is 21.8 Å². The number of rotatable bonds is 14. The molecule has 0 radical (unpaired) electrons. The number of sulfonamides is 1. The van der Waals surface area contributed by atoms with Crippen LogP contribution in [0, 0.1) is 5.82 Å². The fourth-order valence-electron chi connectivity index (χ4n) is 3.66. The van der Waals surface area contributed by atoms with Gasteiger partial charge in [0.1, 0.15) is 17.6 Å². The molecule has 2 rings (SSSR count). The summed E-state index contributed by atoms with van der Waals surface area (Å²) < 4.78 is 44.5. The number of carbonyl (C=O) groups excluding carboxylic acids is 2. The summed E-state index contributed by atoms with van der Waals surface area (Å²) in [5.41, 5.74) is 1.16. The van der Waals surface area contributed by atoms with E-state index in [9.17, 15) is 22.4 Å². The van der Waals surface area contributed by atoms with Crippen molar-refractivity contribution in [2.45, 2.75) is 52.1 Å². The number of anilines is 1. The van der Waals surface area contributed by atoms with E-state index in [0.717, 1.165) is 19.1 Å². The monoisotopic (exact) mass is 521 g/mol. The summed E-state index contributed by atoms with van der Waals surface area (Å²) in [7, 11) is -2.06. The second kappa shape index (κ2) is 13.8. The molecule has 1 atom stereocenters. The number of ether oxygens (including phenoxy) is 1. The van der Waals surface area contributed by atoms with E-state index in [-0.39, 0.29) is 43.6 Å². The van der Waals surface area contributed by atoms with Gasteiger partial charge >= 0.3 is 0 Å². The van der Waals surface area contributed by atoms with E-state index in [0.29, 0.717) is 23.5 Å². The first-order valence-corrected chi connectivity index (χ1v) is 13.8. The number of hydrogen-bond acceptors (Lipinski definition) is 5. The Balaban J connectivity index is 2.13. The van der Waals surface area contributed by atoms with Crippen molar-refractivity contribution in [1.29, 1.82) is 0 Å². The van der Waals surface area contributed by atoms with Gasteiger partial charge < -0.3 is 15.0 Å². The van der Waals surface area contributed by atoms with E-state index in [1.165, 1.54) is 28.4 Å². The number of carbonyl (C=O) groups is 2. The molecule has 0 aromatic heterocycles. The highest BCUT2D eigenvalue weighted by molar-refractivity contribution is 7.92. The number of nitrogens with zero attached hydrogens (tertiary/aromatic N) is 2. The van der Waals surface area contributed by atoms with Gasteiger partial charge in [-0.25, -0.2) is 12.8 Å². The normalized spacial score (nSPS) is 12.0. The van der Waals surface area contributed by atoms with Crippen LogP contribution in [0.1, 0.15) is 45.1 Å². The average molecular weight is 522 g/mol. The molecule has 0 aliphatic rings. The second-order valence-electron chi connectivity index (χ2n) is 8.61. The lowest BCUT2D eigenvalue weighted by molar-refractivity contribution is -0.140. The summed E-state index contributed by atoms with van der Waals surface area (Å²) in [6.07, 6.45) is 3.16. The molecule has 8 nitrogen and oxygen atoms in total. The third-order valence-corrected chi connectivity index (χ3v) is 6.97. The minimum absolute atomic E-state index is 0.0376. The average Bonchev–Trinajstić information content (AvgIpc) is 2.85. The Morgan fingerprint density at radius 2 is 1.69 bits per heavy atom. The molecule has 0 saturated heterocycles. The number of benzene rings is 2. The van der Waals surface area contributed by atoms with Gasteiger partial charge in [-0.05, 0) is 61.7 Å². The van der Waals surface area contributed by atoms with Crippen molar-refractivity contribution in [3.8, 4) is 5.75 Å². The molecule has 2 amide bonds. The lowest BCUT2D eigenvalue weighted by Crippen LogP contribution is -2.48. The molecule has 2 aromatic carbocycles. The molecule has 0 aliphatic carbocycles. The Kier molecular flexibility index (Phi) is 11.2. The third-order valence-electron chi connectivity index (χ3n) is 5.78. The highest BCUT2D eigenvalue weighted by Gasteiger charge is 2.26. The first kappa shape index (κ1) is 29.1. The van der Waals surface area contributed by atoms with Crippen LogP contribution in [0.25, 0.3) is 0 Å². The number of hydrogen-bond donors (Lipinski definition) is 1. The predicted octanol–water partition coefficient (Wildman–Crippen LogP) is 3.71. The third kappa shape index (κ3) is 8.82. The van der Waals surface area contributed by atoms with Crippen LogP contribution in [-0.2, 0) is 26.2 Å². The van der Waals surface area contributed by atoms with Crippen LogP contribution in [0.2, 0.25) is 0 Å². The Bertz CT molecular complexity index is 1090. The molecule has 0 bridgehead atoms. The van der Waals surface area contributed by atoms with Crippen molar-refractivity contribution in [1.82, 2.24) is 10.2 Å². The molecule has 10 heteroatoms. The first-order valence-electron chi connectivity index (χ1n) is 12.0. The number of nitrogens with one attached hydrogen (secondary N) is 1. The molecule has 0 saturated carbocycles. The van der Waals surface area contributed by atoms with Gasteiger partial charge in [0.25, 0.3) is 0 Å². The van der Waals surface area contributed by atoms with Crippen LogP contribution < -0.4 is 14.4 Å². The van der Waals surface area contributed by atoms with Crippen LogP contribution in [0.5, 0.6) is 5.75 Å². The Morgan fingerprint density at radius 3 is 2.25 bits per heavy atom. The van der Waals surface area contributed by atoms with E-state index in [1.807, 2.05) is 6.92 Å². The van der Waals surface area contributed by atoms with E-state index < -0.39 is 16.1 Å². The minimum Gasteiger partial charge on any atom is -0.497 e. The minimum atomic E-state index is -3.58. The topological polar surface area (TPSA) is 96.0 Å². The molecule has 0 fully saturated rings. The zero-order valence-corrected chi connectivity index (χ0v) is 22.2. The zero-order chi connectivity index (χ0) is 26.7. The molecule has 0 aliphatic heterocycles. The summed E-state index contributed by atoms with van der Waals surface area (Å²) >= 11 is 0. The van der Waals surface area contributed by atoms with Gasteiger partial charge in [-0.3, -0.25) is 13.9 Å². The summed E-state index contributed by atoms with van der Waals surface area (Å²) in [6, 6.07) is 11.7. The molecule has 198 valence electrons. The number of amides is 2. The molecule has 0 heterocycles. The predicted molar refractivity (Wildman–Crippen MR) is 139 cm³/mol. The lowest BCUT2D eigenvalue weighted by Gasteiger charge is -2.29. The maximum Gasteiger partial charge on any atom is 0.242 e. The van der Waals surface area contributed by atoms with Gasteiger partial charge in [-0.15, -0.1) is 0 Å². The second-order valence-corrected chi connectivity index (χ2v) is 10.5. The van der Waals surface area contributed by atoms with Crippen LogP contribution >= 0.6 is 0 Å². The Hall–Kier alpha value is -3.14. The largest absolute Gasteiger partial charge is 0.497 e. The fraction of sp³-hybridized carbons (Fsp3) is 0.462. The van der Waals surface area contributed by atoms with Crippen molar-refractivity contribution in [3.63, 3.8) is 0 Å². The number of methoxy groups -OCH3 is 1. The summed E-state index contributed by atoms with van der Waals surface area (Å²) in [4.78, 5) is 27.4. The van der Waals surface area contributed by atoms with E-state index >= 15 is 0 Å². The SMILES string of the molecule is CCCCNC(=O)[C@@H](C)N(Cc1ccc(F)cc1)C(=O)CCCN(c1ccc(OC)cc1)S(C)(=O)=O. The van der Waals surface area contributed by atoms with Crippen molar-refractivity contribution >= 4 is 27.5 Å². The van der Waals surface area contributed by atoms with Crippen LogP contribution in [0.4, 0.5) is 10.1 Å². The fourth-order valence-corrected chi connectivity index (χ4v) is 4.62. The molecule has 2 aromatic rings. The van der Waals surface area contributed by atoms with Crippen LogP contribution in [0.15, 0.2) is 48.5 Å². The van der Waals surface area contributed by atoms with E-state index in [2.05, 4.69) is 5.32 Å². The van der Waals surface area contributed by atoms with Gasteiger partial charge in [0, 0.05) is 26.1 Å². The van der Waals surface area contributed by atoms with Crippen LogP contribution in [0.3, 0.4) is 0 Å². The highest BCUT2D eigenvalue weighted by Crippen LogP contribution is 2.22. The summed E-state index contributed by atoms with van der Waals surface area (Å²) in [6.45, 7) is 4.42. The van der Waals surface area contributed by atoms with Gasteiger partial charge in [0.15, 0.2) is 0 Å². The lowest BCUT2D eigenvalue weighted by atomic mass is 10.1. The van der Waals surface area contributed by atoms with E-state index in [1.54, 1.807) is 43.3 Å². The summed E-state index contributed by atoms with van der Waals surface area (Å²) in [5, 5.41) is 2.85. The van der Waals surface area contributed by atoms with Crippen molar-refractivity contribution in [3.05, 3.63) is 59.9 Å². The number of unbranched alkanes of at least 4 members (excludes halogenated alkanes) is 1. The van der Waals surface area contributed by atoms with Gasteiger partial charge in [-0.1, -0.05) is 25.5 Å². The van der Waals surface area contributed by atoms with E-state index in [4.69, 9.17) is 4.74 Å². The highest BCUT2D eigenvalue weighted by atomic mass is 32.2. The molecular weight excluding hydrogens is 485 g/mol. The van der Waals surface area contributed by atoms with Crippen molar-refractivity contribution in [2.75, 3.05) is 30.8 Å².